The van der Waals surface area contributed by atoms with Gasteiger partial charge >= 0.3 is 0 Å². The average Bonchev–Trinajstić information content (AvgIpc) is 3.01. The van der Waals surface area contributed by atoms with E-state index in [1.54, 1.807) is 12.7 Å². The summed E-state index contributed by atoms with van der Waals surface area (Å²) in [5.41, 5.74) is 2.24. The molecule has 0 saturated heterocycles. The highest BCUT2D eigenvalue weighted by molar-refractivity contribution is 5.50. The van der Waals surface area contributed by atoms with E-state index in [9.17, 15) is 0 Å². The Balaban J connectivity index is 1.72. The fourth-order valence-electron chi connectivity index (χ4n) is 2.25. The van der Waals surface area contributed by atoms with Crippen molar-refractivity contribution < 1.29 is 0 Å². The summed E-state index contributed by atoms with van der Waals surface area (Å²) in [6, 6.07) is 8.34. The summed E-state index contributed by atoms with van der Waals surface area (Å²) in [5.74, 6) is 0. The summed E-state index contributed by atoms with van der Waals surface area (Å²) in [5, 5.41) is 11.1. The van der Waals surface area contributed by atoms with Gasteiger partial charge in [0.2, 0.25) is 0 Å². The third-order valence-electron chi connectivity index (χ3n) is 3.42. The maximum absolute atomic E-state index is 3.83. The molecule has 0 spiro atoms. The van der Waals surface area contributed by atoms with Crippen LogP contribution in [0.15, 0.2) is 36.9 Å². The molecule has 4 heteroatoms. The zero-order valence-corrected chi connectivity index (χ0v) is 12.3. The number of rotatable bonds is 9. The number of nitrogens with one attached hydrogen (secondary N) is 1. The van der Waals surface area contributed by atoms with Crippen LogP contribution in [0.1, 0.15) is 45.4 Å². The Labute approximate surface area is 121 Å². The van der Waals surface area contributed by atoms with Crippen molar-refractivity contribution >= 4 is 5.69 Å². The highest BCUT2D eigenvalue weighted by atomic mass is 15.2. The Morgan fingerprint density at radius 3 is 2.55 bits per heavy atom. The molecule has 0 unspecified atom stereocenters. The fraction of sp³-hybridized carbons (Fsp3) is 0.500. The molecule has 0 saturated carbocycles. The van der Waals surface area contributed by atoms with Crippen LogP contribution in [-0.2, 0) is 0 Å². The maximum Gasteiger partial charge on any atom is 0.123 e. The topological polar surface area (TPSA) is 42.7 Å². The standard InChI is InChI=1S/C16H24N4/c1-2-3-4-5-6-7-11-17-15-9-8-10-16(12-15)20-13-18-19-14-20/h8-10,12-14,17H,2-7,11H2,1H3. The van der Waals surface area contributed by atoms with E-state index in [2.05, 4.69) is 46.7 Å². The molecular formula is C16H24N4. The summed E-state index contributed by atoms with van der Waals surface area (Å²) in [6.07, 6.45) is 11.4. The Morgan fingerprint density at radius 1 is 1.00 bits per heavy atom. The minimum Gasteiger partial charge on any atom is -0.385 e. The third kappa shape index (κ3) is 4.68. The molecule has 4 nitrogen and oxygen atoms in total. The molecule has 0 aliphatic rings. The zero-order chi connectivity index (χ0) is 14.0. The van der Waals surface area contributed by atoms with E-state index in [0.717, 1.165) is 17.9 Å². The minimum absolute atomic E-state index is 1.04. The average molecular weight is 272 g/mol. The molecule has 0 radical (unpaired) electrons. The predicted octanol–water partition coefficient (Wildman–Crippen LogP) is 4.04. The van der Waals surface area contributed by atoms with Crippen LogP contribution in [-0.4, -0.2) is 21.3 Å². The molecule has 0 atom stereocenters. The Hall–Kier alpha value is -1.84. The Bertz CT molecular complexity index is 479. The molecule has 1 aromatic heterocycles. The minimum atomic E-state index is 1.04. The maximum atomic E-state index is 3.83. The van der Waals surface area contributed by atoms with E-state index in [-0.39, 0.29) is 0 Å². The second kappa shape index (κ2) is 8.35. The molecule has 1 N–H and O–H groups in total. The lowest BCUT2D eigenvalue weighted by Crippen LogP contribution is -2.02. The van der Waals surface area contributed by atoms with E-state index in [1.165, 1.54) is 38.5 Å². The van der Waals surface area contributed by atoms with Crippen LogP contribution in [0.3, 0.4) is 0 Å². The summed E-state index contributed by atoms with van der Waals surface area (Å²) >= 11 is 0. The van der Waals surface area contributed by atoms with Gasteiger partial charge in [-0.05, 0) is 24.6 Å². The summed E-state index contributed by atoms with van der Waals surface area (Å²) in [6.45, 7) is 3.29. The van der Waals surface area contributed by atoms with Crippen molar-refractivity contribution in [3.63, 3.8) is 0 Å². The van der Waals surface area contributed by atoms with E-state index < -0.39 is 0 Å². The smallest absolute Gasteiger partial charge is 0.123 e. The van der Waals surface area contributed by atoms with Gasteiger partial charge in [0.05, 0.1) is 5.69 Å². The number of hydrogen-bond donors (Lipinski definition) is 1. The molecule has 0 bridgehead atoms. The van der Waals surface area contributed by atoms with Crippen molar-refractivity contribution in [3.8, 4) is 5.69 Å². The van der Waals surface area contributed by atoms with Crippen LogP contribution in [0.2, 0.25) is 0 Å². The summed E-state index contributed by atoms with van der Waals surface area (Å²) < 4.78 is 1.91. The third-order valence-corrected chi connectivity index (χ3v) is 3.42. The van der Waals surface area contributed by atoms with E-state index >= 15 is 0 Å². The van der Waals surface area contributed by atoms with Crippen molar-refractivity contribution in [2.45, 2.75) is 45.4 Å². The van der Waals surface area contributed by atoms with Gasteiger partial charge in [0.25, 0.3) is 0 Å². The van der Waals surface area contributed by atoms with Crippen LogP contribution in [0.5, 0.6) is 0 Å². The Morgan fingerprint density at radius 2 is 1.75 bits per heavy atom. The number of hydrogen-bond acceptors (Lipinski definition) is 3. The zero-order valence-electron chi connectivity index (χ0n) is 12.3. The number of aromatic nitrogens is 3. The summed E-state index contributed by atoms with van der Waals surface area (Å²) in [7, 11) is 0. The van der Waals surface area contributed by atoms with E-state index in [1.807, 2.05) is 4.57 Å². The first-order chi connectivity index (χ1) is 9.90. The van der Waals surface area contributed by atoms with Crippen molar-refractivity contribution in [2.75, 3.05) is 11.9 Å². The van der Waals surface area contributed by atoms with Gasteiger partial charge in [0, 0.05) is 12.2 Å². The predicted molar refractivity (Wildman–Crippen MR) is 83.2 cm³/mol. The SMILES string of the molecule is CCCCCCCCNc1cccc(-n2cnnc2)c1. The van der Waals surface area contributed by atoms with Gasteiger partial charge < -0.3 is 5.32 Å². The highest BCUT2D eigenvalue weighted by Crippen LogP contribution is 2.14. The van der Waals surface area contributed by atoms with Crippen LogP contribution >= 0.6 is 0 Å². The van der Waals surface area contributed by atoms with Crippen molar-refractivity contribution in [1.82, 2.24) is 14.8 Å². The molecule has 108 valence electrons. The van der Waals surface area contributed by atoms with Gasteiger partial charge in [-0.25, -0.2) is 0 Å². The van der Waals surface area contributed by atoms with Gasteiger partial charge in [-0.15, -0.1) is 10.2 Å². The molecule has 1 heterocycles. The van der Waals surface area contributed by atoms with Crippen LogP contribution in [0, 0.1) is 0 Å². The molecular weight excluding hydrogens is 248 g/mol. The van der Waals surface area contributed by atoms with Crippen LogP contribution in [0.25, 0.3) is 5.69 Å². The first-order valence-electron chi connectivity index (χ1n) is 7.59. The number of nitrogens with zero attached hydrogens (tertiary/aromatic N) is 3. The second-order valence-corrected chi connectivity index (χ2v) is 5.11. The molecule has 0 fully saturated rings. The molecule has 2 aromatic rings. The largest absolute Gasteiger partial charge is 0.385 e. The quantitative estimate of drug-likeness (QED) is 0.701. The van der Waals surface area contributed by atoms with Crippen molar-refractivity contribution in [3.05, 3.63) is 36.9 Å². The van der Waals surface area contributed by atoms with Gasteiger partial charge in [0.1, 0.15) is 12.7 Å². The molecule has 20 heavy (non-hydrogen) atoms. The van der Waals surface area contributed by atoms with E-state index in [4.69, 9.17) is 0 Å². The van der Waals surface area contributed by atoms with Crippen LogP contribution in [0.4, 0.5) is 5.69 Å². The normalized spacial score (nSPS) is 10.7. The van der Waals surface area contributed by atoms with Crippen molar-refractivity contribution in [1.29, 1.82) is 0 Å². The first-order valence-corrected chi connectivity index (χ1v) is 7.59. The molecule has 0 aliphatic heterocycles. The molecule has 0 aliphatic carbocycles. The monoisotopic (exact) mass is 272 g/mol. The van der Waals surface area contributed by atoms with Crippen molar-refractivity contribution in [2.24, 2.45) is 0 Å². The second-order valence-electron chi connectivity index (χ2n) is 5.11. The number of benzene rings is 1. The molecule has 0 amide bonds. The van der Waals surface area contributed by atoms with Gasteiger partial charge in [-0.2, -0.15) is 0 Å². The molecule has 1 aromatic carbocycles. The summed E-state index contributed by atoms with van der Waals surface area (Å²) in [4.78, 5) is 0. The number of unbranched alkanes of at least 4 members (excludes halogenated alkanes) is 5. The lowest BCUT2D eigenvalue weighted by atomic mass is 10.1. The van der Waals surface area contributed by atoms with Crippen LogP contribution < -0.4 is 5.32 Å². The van der Waals surface area contributed by atoms with Gasteiger partial charge in [0.15, 0.2) is 0 Å². The fourth-order valence-corrected chi connectivity index (χ4v) is 2.25. The Kier molecular flexibility index (Phi) is 6.08. The van der Waals surface area contributed by atoms with E-state index in [0.29, 0.717) is 0 Å². The van der Waals surface area contributed by atoms with Gasteiger partial charge in [-0.1, -0.05) is 45.1 Å². The highest BCUT2D eigenvalue weighted by Gasteiger charge is 1.98. The first kappa shape index (κ1) is 14.6. The lowest BCUT2D eigenvalue weighted by molar-refractivity contribution is 0.617. The number of anilines is 1. The molecule has 2 rings (SSSR count). The van der Waals surface area contributed by atoms with Gasteiger partial charge in [-0.3, -0.25) is 4.57 Å². The lowest BCUT2D eigenvalue weighted by Gasteiger charge is -2.08.